The van der Waals surface area contributed by atoms with Gasteiger partial charge in [-0.1, -0.05) is 0 Å². The molecule has 1 aromatic heterocycles. The van der Waals surface area contributed by atoms with E-state index in [1.807, 2.05) is 60.7 Å². The van der Waals surface area contributed by atoms with Crippen molar-refractivity contribution in [2.45, 2.75) is 6.92 Å². The first-order valence-corrected chi connectivity index (χ1v) is 8.47. The van der Waals surface area contributed by atoms with Crippen LogP contribution >= 0.6 is 0 Å². The second-order valence-corrected chi connectivity index (χ2v) is 6.33. The number of nitrogens with zero attached hydrogens (tertiary/aromatic N) is 2. The van der Waals surface area contributed by atoms with Crippen molar-refractivity contribution in [3.63, 3.8) is 0 Å². The molecule has 0 saturated heterocycles. The van der Waals surface area contributed by atoms with Gasteiger partial charge in [0.25, 0.3) is 0 Å². The summed E-state index contributed by atoms with van der Waals surface area (Å²) >= 11 is 0.0622. The molecule has 3 nitrogen and oxygen atoms in total. The molecule has 0 aliphatic heterocycles. The molecular weight excluding hydrogens is 327 g/mol. The van der Waals surface area contributed by atoms with Gasteiger partial charge < -0.3 is 0 Å². The zero-order valence-electron chi connectivity index (χ0n) is 11.6. The number of amides is 1. The molecule has 0 N–H and O–H groups in total. The Kier molecular flexibility index (Phi) is 4.00. The molecule has 0 radical (unpaired) electrons. The van der Waals surface area contributed by atoms with Crippen LogP contribution < -0.4 is 4.90 Å². The third-order valence-corrected chi connectivity index (χ3v) is 4.81. The zero-order chi connectivity index (χ0) is 14.7. The van der Waals surface area contributed by atoms with Crippen molar-refractivity contribution in [3.05, 3.63) is 65.6 Å². The summed E-state index contributed by atoms with van der Waals surface area (Å²) in [5.41, 5.74) is 2.91. The summed E-state index contributed by atoms with van der Waals surface area (Å²) in [5, 5.41) is 0. The predicted octanol–water partition coefficient (Wildman–Crippen LogP) is 3.49. The van der Waals surface area contributed by atoms with E-state index in [1.54, 1.807) is 11.8 Å². The number of hydrogen-bond acceptors (Lipinski definition) is 2. The van der Waals surface area contributed by atoms with E-state index < -0.39 is 0 Å². The maximum atomic E-state index is 12.0. The number of rotatable bonds is 3. The summed E-state index contributed by atoms with van der Waals surface area (Å²) in [5.74, 6) is -0.00969. The summed E-state index contributed by atoms with van der Waals surface area (Å²) in [7, 11) is 0. The van der Waals surface area contributed by atoms with Gasteiger partial charge in [0.2, 0.25) is 0 Å². The second kappa shape index (κ2) is 6.08. The van der Waals surface area contributed by atoms with E-state index in [0.717, 1.165) is 21.6 Å². The van der Waals surface area contributed by atoms with Gasteiger partial charge in [-0.2, -0.15) is 0 Å². The average molecular weight is 341 g/mol. The second-order valence-electron chi connectivity index (χ2n) is 4.57. The Bertz CT molecular complexity index is 738. The fraction of sp³-hybridized carbons (Fsp3) is 0.0588. The molecule has 0 aliphatic rings. The van der Waals surface area contributed by atoms with Gasteiger partial charge in [-0.15, -0.1) is 0 Å². The molecule has 3 aromatic rings. The van der Waals surface area contributed by atoms with Crippen LogP contribution in [0.1, 0.15) is 6.92 Å². The van der Waals surface area contributed by atoms with Gasteiger partial charge in [-0.05, 0) is 0 Å². The van der Waals surface area contributed by atoms with E-state index in [9.17, 15) is 4.79 Å². The van der Waals surface area contributed by atoms with Crippen LogP contribution in [-0.4, -0.2) is 25.4 Å². The standard InChI is InChI=1S/C17H14N2OSe/c1-13(20)19(15-10-6-3-7-11-15)17-18-16(12-21-17)14-8-4-2-5-9-14/h2-12H,1H3. The number of aromatic nitrogens is 1. The van der Waals surface area contributed by atoms with E-state index in [2.05, 4.69) is 9.92 Å². The van der Waals surface area contributed by atoms with Crippen LogP contribution in [0.15, 0.2) is 65.6 Å². The third kappa shape index (κ3) is 2.97. The van der Waals surface area contributed by atoms with Crippen molar-refractivity contribution >= 4 is 30.8 Å². The van der Waals surface area contributed by atoms with E-state index in [0.29, 0.717) is 0 Å². The molecular formula is C17H14N2OSe. The molecule has 0 atom stereocenters. The molecule has 104 valence electrons. The molecule has 4 heteroatoms. The van der Waals surface area contributed by atoms with Gasteiger partial charge in [0.15, 0.2) is 0 Å². The van der Waals surface area contributed by atoms with E-state index >= 15 is 0 Å². The van der Waals surface area contributed by atoms with Gasteiger partial charge in [0.1, 0.15) is 0 Å². The minimum atomic E-state index is -0.00969. The predicted molar refractivity (Wildman–Crippen MR) is 85.9 cm³/mol. The molecule has 0 spiro atoms. The van der Waals surface area contributed by atoms with Crippen LogP contribution in [0.2, 0.25) is 0 Å². The first-order valence-electron chi connectivity index (χ1n) is 6.62. The SMILES string of the molecule is CC(=O)N(c1ccccc1)c1nc(-c2ccccc2)c[se]1. The fourth-order valence-electron chi connectivity index (χ4n) is 2.11. The van der Waals surface area contributed by atoms with E-state index in [1.165, 1.54) is 0 Å². The first kappa shape index (κ1) is 13.8. The van der Waals surface area contributed by atoms with E-state index in [-0.39, 0.29) is 20.4 Å². The maximum absolute atomic E-state index is 12.0. The summed E-state index contributed by atoms with van der Waals surface area (Å²) in [6.45, 7) is 1.58. The average Bonchev–Trinajstić information content (AvgIpc) is 2.98. The van der Waals surface area contributed by atoms with Crippen LogP contribution in [-0.2, 0) is 4.79 Å². The van der Waals surface area contributed by atoms with Crippen LogP contribution in [0, 0.1) is 0 Å². The Balaban J connectivity index is 1.99. The summed E-state index contributed by atoms with van der Waals surface area (Å²) < 4.78 is 0.833. The zero-order valence-corrected chi connectivity index (χ0v) is 13.3. The van der Waals surface area contributed by atoms with Crippen LogP contribution in [0.25, 0.3) is 11.3 Å². The van der Waals surface area contributed by atoms with Gasteiger partial charge in [-0.3, -0.25) is 0 Å². The van der Waals surface area contributed by atoms with Crippen molar-refractivity contribution in [3.8, 4) is 11.3 Å². The molecule has 0 aliphatic carbocycles. The summed E-state index contributed by atoms with van der Waals surface area (Å²) in [6, 6.07) is 19.7. The van der Waals surface area contributed by atoms with E-state index in [4.69, 9.17) is 0 Å². The number of para-hydroxylation sites is 1. The van der Waals surface area contributed by atoms with Crippen LogP contribution in [0.5, 0.6) is 0 Å². The number of carbonyl (C=O) groups excluding carboxylic acids is 1. The number of benzene rings is 2. The fourth-order valence-corrected chi connectivity index (χ4v) is 3.99. The minimum absolute atomic E-state index is 0.00969. The Labute approximate surface area is 129 Å². The van der Waals surface area contributed by atoms with Gasteiger partial charge in [0, 0.05) is 0 Å². The number of hydrogen-bond donors (Lipinski definition) is 0. The van der Waals surface area contributed by atoms with Crippen LogP contribution in [0.4, 0.5) is 10.4 Å². The first-order chi connectivity index (χ1) is 10.3. The quantitative estimate of drug-likeness (QED) is 0.683. The summed E-state index contributed by atoms with van der Waals surface area (Å²) in [6.07, 6.45) is 0. The Morgan fingerprint density at radius 1 is 1.00 bits per heavy atom. The summed E-state index contributed by atoms with van der Waals surface area (Å²) in [4.78, 5) is 20.5. The Morgan fingerprint density at radius 3 is 2.24 bits per heavy atom. The van der Waals surface area contributed by atoms with Crippen molar-refractivity contribution in [2.24, 2.45) is 0 Å². The third-order valence-electron chi connectivity index (χ3n) is 3.08. The topological polar surface area (TPSA) is 33.2 Å². The van der Waals surface area contributed by atoms with Crippen molar-refractivity contribution < 1.29 is 4.79 Å². The van der Waals surface area contributed by atoms with Crippen molar-refractivity contribution in [1.82, 2.24) is 4.98 Å². The monoisotopic (exact) mass is 342 g/mol. The van der Waals surface area contributed by atoms with Gasteiger partial charge >= 0.3 is 129 Å². The van der Waals surface area contributed by atoms with Crippen molar-refractivity contribution in [1.29, 1.82) is 0 Å². The van der Waals surface area contributed by atoms with Gasteiger partial charge in [-0.25, -0.2) is 0 Å². The molecule has 21 heavy (non-hydrogen) atoms. The molecule has 0 bridgehead atoms. The molecule has 1 heterocycles. The molecule has 0 fully saturated rings. The molecule has 0 unspecified atom stereocenters. The Morgan fingerprint density at radius 2 is 1.62 bits per heavy atom. The molecule has 1 amide bonds. The van der Waals surface area contributed by atoms with Gasteiger partial charge in [0.05, 0.1) is 0 Å². The normalized spacial score (nSPS) is 10.3. The van der Waals surface area contributed by atoms with Crippen LogP contribution in [0.3, 0.4) is 0 Å². The molecule has 2 aromatic carbocycles. The molecule has 3 rings (SSSR count). The Hall–Kier alpha value is -2.16. The number of carbonyl (C=O) groups is 1. The molecule has 0 saturated carbocycles. The number of anilines is 2. The van der Waals surface area contributed by atoms with Crippen molar-refractivity contribution in [2.75, 3.05) is 4.90 Å².